The van der Waals surface area contributed by atoms with Crippen LogP contribution in [0.15, 0.2) is 41.5 Å². The Balaban J connectivity index is 1.72. The summed E-state index contributed by atoms with van der Waals surface area (Å²) in [5.41, 5.74) is 2.58. The van der Waals surface area contributed by atoms with Crippen LogP contribution in [0.2, 0.25) is 0 Å². The summed E-state index contributed by atoms with van der Waals surface area (Å²) in [5, 5.41) is 7.22. The second-order valence-electron chi connectivity index (χ2n) is 5.89. The molecule has 0 aliphatic carbocycles. The molecule has 0 fully saturated rings. The average molecular weight is 362 g/mol. The van der Waals surface area contributed by atoms with Crippen molar-refractivity contribution < 1.29 is 4.52 Å². The van der Waals surface area contributed by atoms with E-state index in [0.717, 1.165) is 16.7 Å². The van der Waals surface area contributed by atoms with Crippen molar-refractivity contribution in [1.82, 2.24) is 34.6 Å². The Bertz CT molecular complexity index is 1080. The van der Waals surface area contributed by atoms with E-state index in [-0.39, 0.29) is 0 Å². The molecule has 0 spiro atoms. The van der Waals surface area contributed by atoms with Gasteiger partial charge in [-0.25, -0.2) is 9.97 Å². The zero-order chi connectivity index (χ0) is 18.6. The monoisotopic (exact) mass is 362 g/mol. The molecule has 0 bridgehead atoms. The van der Waals surface area contributed by atoms with E-state index in [9.17, 15) is 0 Å². The third-order valence-electron chi connectivity index (χ3n) is 3.88. The van der Waals surface area contributed by atoms with Crippen LogP contribution in [0.5, 0.6) is 0 Å². The van der Waals surface area contributed by atoms with E-state index in [1.54, 1.807) is 25.5 Å². The summed E-state index contributed by atoms with van der Waals surface area (Å²) >= 11 is 0. The maximum Gasteiger partial charge on any atom is 0.223 e. The van der Waals surface area contributed by atoms with Gasteiger partial charge in [-0.3, -0.25) is 9.97 Å². The van der Waals surface area contributed by atoms with Gasteiger partial charge in [0.25, 0.3) is 0 Å². The second-order valence-corrected chi connectivity index (χ2v) is 5.89. The molecule has 0 saturated carbocycles. The molecule has 0 atom stereocenters. The highest BCUT2D eigenvalue weighted by molar-refractivity contribution is 5.87. The summed E-state index contributed by atoms with van der Waals surface area (Å²) in [5.74, 6) is 2.43. The Labute approximate surface area is 155 Å². The van der Waals surface area contributed by atoms with Crippen molar-refractivity contribution >= 4 is 22.9 Å². The molecule has 9 nitrogen and oxygen atoms in total. The minimum absolute atomic E-state index is 0.398. The highest BCUT2D eigenvalue weighted by Crippen LogP contribution is 2.23. The lowest BCUT2D eigenvalue weighted by atomic mass is 10.3. The van der Waals surface area contributed by atoms with Gasteiger partial charge in [-0.05, 0) is 19.1 Å². The normalized spacial score (nSPS) is 11.5. The molecule has 4 aromatic heterocycles. The van der Waals surface area contributed by atoms with Crippen LogP contribution in [0, 0.1) is 6.92 Å². The van der Waals surface area contributed by atoms with Crippen LogP contribution in [-0.4, -0.2) is 34.6 Å². The van der Waals surface area contributed by atoms with Gasteiger partial charge in [-0.1, -0.05) is 11.2 Å². The number of fused-ring (bicyclic) bond motifs is 1. The van der Waals surface area contributed by atoms with Crippen molar-refractivity contribution in [3.8, 4) is 0 Å². The molecule has 0 saturated heterocycles. The fraction of sp³-hybridized carbons (Fsp3) is 0.222. The molecule has 0 radical (unpaired) electrons. The first kappa shape index (κ1) is 16.8. The van der Waals surface area contributed by atoms with Crippen LogP contribution in [-0.2, 0) is 13.1 Å². The predicted octanol–water partition coefficient (Wildman–Crippen LogP) is 2.61. The molecule has 4 rings (SSSR count). The van der Waals surface area contributed by atoms with E-state index in [1.165, 1.54) is 0 Å². The van der Waals surface area contributed by atoms with Crippen molar-refractivity contribution in [3.63, 3.8) is 0 Å². The molecule has 0 amide bonds. The van der Waals surface area contributed by atoms with Crippen molar-refractivity contribution in [1.29, 1.82) is 0 Å². The maximum absolute atomic E-state index is 5.02. The first-order chi connectivity index (χ1) is 13.2. The second kappa shape index (κ2) is 7.32. The van der Waals surface area contributed by atoms with Crippen LogP contribution >= 0.6 is 0 Å². The quantitative estimate of drug-likeness (QED) is 0.558. The van der Waals surface area contributed by atoms with E-state index < -0.39 is 0 Å². The first-order valence-electron chi connectivity index (χ1n) is 8.50. The van der Waals surface area contributed by atoms with E-state index in [4.69, 9.17) is 4.52 Å². The van der Waals surface area contributed by atoms with Gasteiger partial charge < -0.3 is 14.4 Å². The van der Waals surface area contributed by atoms with E-state index in [0.29, 0.717) is 36.4 Å². The molecule has 136 valence electrons. The largest absolute Gasteiger partial charge is 0.361 e. The number of allylic oxidation sites excluding steroid dienone is 1. The molecule has 4 heterocycles. The standard InChI is InChI=1S/C18H18N8O/c1-3-4-15-23-14-5-8-26(11-13-9-19-6-7-20-13)17(14)18(24-15)21-10-16-22-12(2)27-25-16/h3-9H,10-11H2,1-2H3,(H,21,23,24). The van der Waals surface area contributed by atoms with Gasteiger partial charge in [0.15, 0.2) is 17.5 Å². The van der Waals surface area contributed by atoms with Crippen molar-refractivity contribution in [2.75, 3.05) is 5.32 Å². The van der Waals surface area contributed by atoms with Gasteiger partial charge >= 0.3 is 0 Å². The van der Waals surface area contributed by atoms with Gasteiger partial charge in [0, 0.05) is 25.5 Å². The Morgan fingerprint density at radius 3 is 2.89 bits per heavy atom. The number of aromatic nitrogens is 7. The van der Waals surface area contributed by atoms with Gasteiger partial charge in [0.1, 0.15) is 5.52 Å². The Kier molecular flexibility index (Phi) is 4.56. The van der Waals surface area contributed by atoms with E-state index >= 15 is 0 Å². The Morgan fingerprint density at radius 1 is 1.22 bits per heavy atom. The fourth-order valence-corrected chi connectivity index (χ4v) is 2.77. The zero-order valence-corrected chi connectivity index (χ0v) is 15.0. The molecule has 0 unspecified atom stereocenters. The molecule has 0 aromatic carbocycles. The smallest absolute Gasteiger partial charge is 0.223 e. The summed E-state index contributed by atoms with van der Waals surface area (Å²) < 4.78 is 7.07. The number of aryl methyl sites for hydroxylation is 1. The number of hydrogen-bond donors (Lipinski definition) is 1. The minimum atomic E-state index is 0.398. The summed E-state index contributed by atoms with van der Waals surface area (Å²) in [6, 6.07) is 1.96. The van der Waals surface area contributed by atoms with Crippen molar-refractivity contribution in [2.45, 2.75) is 26.9 Å². The Hall–Kier alpha value is -3.62. The lowest BCUT2D eigenvalue weighted by Gasteiger charge is -2.10. The van der Waals surface area contributed by atoms with Gasteiger partial charge in [-0.15, -0.1) is 0 Å². The molecule has 0 aliphatic rings. The molecule has 4 aromatic rings. The maximum atomic E-state index is 5.02. The highest BCUT2D eigenvalue weighted by Gasteiger charge is 2.13. The molecular weight excluding hydrogens is 344 g/mol. The third-order valence-corrected chi connectivity index (χ3v) is 3.88. The molecule has 0 aliphatic heterocycles. The van der Waals surface area contributed by atoms with Crippen LogP contribution < -0.4 is 5.32 Å². The topological polar surface area (TPSA) is 107 Å². The van der Waals surface area contributed by atoms with Crippen molar-refractivity contribution in [3.05, 3.63) is 60.2 Å². The number of rotatable bonds is 6. The number of nitrogens with one attached hydrogen (secondary N) is 1. The van der Waals surface area contributed by atoms with Crippen molar-refractivity contribution in [2.24, 2.45) is 0 Å². The summed E-state index contributed by atoms with van der Waals surface area (Å²) in [6.45, 7) is 4.66. The highest BCUT2D eigenvalue weighted by atomic mass is 16.5. The van der Waals surface area contributed by atoms with Gasteiger partial charge in [0.05, 0.1) is 30.5 Å². The summed E-state index contributed by atoms with van der Waals surface area (Å²) in [6.07, 6.45) is 10.8. The van der Waals surface area contributed by atoms with Crippen LogP contribution in [0.4, 0.5) is 5.82 Å². The fourth-order valence-electron chi connectivity index (χ4n) is 2.77. The number of hydrogen-bond acceptors (Lipinski definition) is 8. The predicted molar refractivity (Wildman–Crippen MR) is 99.7 cm³/mol. The summed E-state index contributed by atoms with van der Waals surface area (Å²) in [4.78, 5) is 21.9. The third kappa shape index (κ3) is 3.66. The minimum Gasteiger partial charge on any atom is -0.361 e. The SMILES string of the molecule is CC=Cc1nc(NCc2noc(C)n2)c2c(ccn2Cc2cnccn2)n1. The summed E-state index contributed by atoms with van der Waals surface area (Å²) in [7, 11) is 0. The first-order valence-corrected chi connectivity index (χ1v) is 8.50. The lowest BCUT2D eigenvalue weighted by molar-refractivity contribution is 0.388. The van der Waals surface area contributed by atoms with Gasteiger partial charge in [0.2, 0.25) is 5.89 Å². The van der Waals surface area contributed by atoms with E-state index in [2.05, 4.69) is 35.4 Å². The zero-order valence-electron chi connectivity index (χ0n) is 15.0. The molecule has 27 heavy (non-hydrogen) atoms. The van der Waals surface area contributed by atoms with Crippen LogP contribution in [0.3, 0.4) is 0 Å². The lowest BCUT2D eigenvalue weighted by Crippen LogP contribution is -2.08. The average Bonchev–Trinajstić information content (AvgIpc) is 3.27. The Morgan fingerprint density at radius 2 is 2.15 bits per heavy atom. The number of anilines is 1. The van der Waals surface area contributed by atoms with Crippen LogP contribution in [0.25, 0.3) is 17.1 Å². The molecule has 1 N–H and O–H groups in total. The molecule has 9 heteroatoms. The van der Waals surface area contributed by atoms with Gasteiger partial charge in [-0.2, -0.15) is 4.98 Å². The number of nitrogens with zero attached hydrogens (tertiary/aromatic N) is 7. The molecular formula is C18H18N8O. The van der Waals surface area contributed by atoms with Crippen LogP contribution in [0.1, 0.15) is 30.2 Å². The van der Waals surface area contributed by atoms with E-state index in [1.807, 2.05) is 35.9 Å².